The van der Waals surface area contributed by atoms with Gasteiger partial charge in [0.05, 0.1) is 12.8 Å². The van der Waals surface area contributed by atoms with Gasteiger partial charge in [-0.15, -0.1) is 0 Å². The number of furan rings is 1. The van der Waals surface area contributed by atoms with E-state index in [4.69, 9.17) is 33.0 Å². The van der Waals surface area contributed by atoms with Gasteiger partial charge in [-0.2, -0.15) is 0 Å². The van der Waals surface area contributed by atoms with Crippen LogP contribution in [0.4, 0.5) is 5.69 Å². The monoisotopic (exact) mass is 438 g/mol. The van der Waals surface area contributed by atoms with Crippen molar-refractivity contribution in [3.63, 3.8) is 0 Å². The minimum absolute atomic E-state index is 0.00798. The van der Waals surface area contributed by atoms with Crippen LogP contribution in [-0.2, 0) is 9.59 Å². The Morgan fingerprint density at radius 3 is 2.40 bits per heavy atom. The first-order chi connectivity index (χ1) is 14.5. The van der Waals surface area contributed by atoms with Crippen LogP contribution in [0.1, 0.15) is 5.76 Å². The van der Waals surface area contributed by atoms with Crippen LogP contribution >= 0.6 is 23.8 Å². The van der Waals surface area contributed by atoms with Crippen molar-refractivity contribution in [1.82, 2.24) is 5.32 Å². The van der Waals surface area contributed by atoms with Gasteiger partial charge in [0.1, 0.15) is 22.8 Å². The Balaban J connectivity index is 1.65. The lowest BCUT2D eigenvalue weighted by atomic mass is 10.1. The molecule has 0 spiro atoms. The molecule has 8 heteroatoms. The zero-order chi connectivity index (χ0) is 21.3. The molecule has 1 aliphatic heterocycles. The Hall–Kier alpha value is -3.42. The van der Waals surface area contributed by atoms with E-state index in [0.717, 1.165) is 5.56 Å². The van der Waals surface area contributed by atoms with Gasteiger partial charge in [0, 0.05) is 10.6 Å². The summed E-state index contributed by atoms with van der Waals surface area (Å²) in [5.74, 6) is 0.461. The number of methoxy groups -OCH3 is 1. The molecule has 2 aromatic carbocycles. The molecule has 1 aliphatic rings. The largest absolute Gasteiger partial charge is 0.497 e. The summed E-state index contributed by atoms with van der Waals surface area (Å²) in [5, 5.41) is 3.17. The second-order valence-electron chi connectivity index (χ2n) is 6.36. The molecular weight excluding hydrogens is 424 g/mol. The highest BCUT2D eigenvalue weighted by Crippen LogP contribution is 2.27. The van der Waals surface area contributed by atoms with E-state index in [0.29, 0.717) is 28.0 Å². The number of nitrogens with one attached hydrogen (secondary N) is 1. The van der Waals surface area contributed by atoms with Crippen LogP contribution in [0, 0.1) is 0 Å². The van der Waals surface area contributed by atoms with Crippen molar-refractivity contribution in [2.45, 2.75) is 0 Å². The smallest absolute Gasteiger partial charge is 0.270 e. The van der Waals surface area contributed by atoms with Crippen molar-refractivity contribution >= 4 is 52.5 Å². The third-order valence-electron chi connectivity index (χ3n) is 4.47. The summed E-state index contributed by atoms with van der Waals surface area (Å²) in [6, 6.07) is 17.4. The van der Waals surface area contributed by atoms with Crippen LogP contribution in [-0.4, -0.2) is 24.0 Å². The lowest BCUT2D eigenvalue weighted by Crippen LogP contribution is -2.54. The molecule has 4 rings (SSSR count). The molecule has 0 atom stereocenters. The summed E-state index contributed by atoms with van der Waals surface area (Å²) in [4.78, 5) is 26.7. The van der Waals surface area contributed by atoms with Gasteiger partial charge in [0.15, 0.2) is 5.11 Å². The van der Waals surface area contributed by atoms with Crippen LogP contribution in [0.5, 0.6) is 5.75 Å². The second-order valence-corrected chi connectivity index (χ2v) is 7.19. The quantitative estimate of drug-likeness (QED) is 0.370. The Morgan fingerprint density at radius 1 is 1.03 bits per heavy atom. The molecule has 1 saturated heterocycles. The second kappa shape index (κ2) is 8.14. The molecule has 1 fully saturated rings. The Bertz CT molecular complexity index is 1170. The van der Waals surface area contributed by atoms with E-state index < -0.39 is 11.8 Å². The maximum atomic E-state index is 13.0. The van der Waals surface area contributed by atoms with Crippen molar-refractivity contribution in [3.8, 4) is 17.1 Å². The topological polar surface area (TPSA) is 71.8 Å². The predicted molar refractivity (Wildman–Crippen MR) is 118 cm³/mol. The summed E-state index contributed by atoms with van der Waals surface area (Å²) in [6.07, 6.45) is 1.40. The molecule has 2 heterocycles. The van der Waals surface area contributed by atoms with E-state index in [1.54, 1.807) is 55.6 Å². The van der Waals surface area contributed by atoms with E-state index in [2.05, 4.69) is 5.32 Å². The summed E-state index contributed by atoms with van der Waals surface area (Å²) < 4.78 is 10.9. The molecule has 3 aromatic rings. The molecular formula is C22H15ClN2O4S. The molecule has 6 nitrogen and oxygen atoms in total. The highest BCUT2D eigenvalue weighted by molar-refractivity contribution is 7.80. The minimum Gasteiger partial charge on any atom is -0.497 e. The average molecular weight is 439 g/mol. The van der Waals surface area contributed by atoms with Gasteiger partial charge < -0.3 is 9.15 Å². The SMILES string of the molecule is COc1ccc(N2C(=O)C(=Cc3ccc(-c4ccc(Cl)cc4)o3)C(=O)NC2=S)cc1. The molecule has 0 unspecified atom stereocenters. The number of carbonyl (C=O) groups excluding carboxylic acids is 2. The van der Waals surface area contributed by atoms with E-state index >= 15 is 0 Å². The molecule has 1 aromatic heterocycles. The van der Waals surface area contributed by atoms with Gasteiger partial charge in [0.25, 0.3) is 11.8 Å². The van der Waals surface area contributed by atoms with Crippen molar-refractivity contribution in [2.75, 3.05) is 12.0 Å². The van der Waals surface area contributed by atoms with Crippen molar-refractivity contribution in [3.05, 3.63) is 77.0 Å². The molecule has 0 radical (unpaired) electrons. The van der Waals surface area contributed by atoms with Crippen LogP contribution in [0.15, 0.2) is 70.7 Å². The number of nitrogens with zero attached hydrogens (tertiary/aromatic N) is 1. The summed E-state index contributed by atoms with van der Waals surface area (Å²) in [6.45, 7) is 0. The van der Waals surface area contributed by atoms with E-state index in [9.17, 15) is 9.59 Å². The third kappa shape index (κ3) is 3.85. The number of hydrogen-bond acceptors (Lipinski definition) is 5. The normalized spacial score (nSPS) is 15.5. The van der Waals surface area contributed by atoms with Crippen LogP contribution in [0.25, 0.3) is 17.4 Å². The number of benzene rings is 2. The van der Waals surface area contributed by atoms with Crippen LogP contribution < -0.4 is 15.0 Å². The van der Waals surface area contributed by atoms with E-state index in [1.165, 1.54) is 11.0 Å². The van der Waals surface area contributed by atoms with Gasteiger partial charge in [-0.3, -0.25) is 19.8 Å². The maximum Gasteiger partial charge on any atom is 0.270 e. The van der Waals surface area contributed by atoms with Gasteiger partial charge in [-0.25, -0.2) is 0 Å². The average Bonchev–Trinajstić information content (AvgIpc) is 3.21. The number of amides is 2. The summed E-state index contributed by atoms with van der Waals surface area (Å²) >= 11 is 11.1. The maximum absolute atomic E-state index is 13.0. The summed E-state index contributed by atoms with van der Waals surface area (Å²) in [5.41, 5.74) is 1.25. The van der Waals surface area contributed by atoms with Gasteiger partial charge in [-0.1, -0.05) is 11.6 Å². The number of carbonyl (C=O) groups is 2. The molecule has 2 amide bonds. The van der Waals surface area contributed by atoms with E-state index in [-0.39, 0.29) is 10.7 Å². The lowest BCUT2D eigenvalue weighted by molar-refractivity contribution is -0.122. The lowest BCUT2D eigenvalue weighted by Gasteiger charge is -2.28. The zero-order valence-corrected chi connectivity index (χ0v) is 17.3. The fraction of sp³-hybridized carbons (Fsp3) is 0.0455. The number of thiocarbonyl (C=S) groups is 1. The standard InChI is InChI=1S/C22H15ClN2O4S/c1-28-16-8-6-15(7-9-16)25-21(27)18(20(26)24-22(25)30)12-17-10-11-19(29-17)13-2-4-14(23)5-3-13/h2-12H,1H3,(H,24,26,30). The number of hydrogen-bond donors (Lipinski definition) is 1. The fourth-order valence-corrected chi connectivity index (χ4v) is 3.37. The van der Waals surface area contributed by atoms with Crippen LogP contribution in [0.3, 0.4) is 0 Å². The molecule has 150 valence electrons. The van der Waals surface area contributed by atoms with Crippen molar-refractivity contribution < 1.29 is 18.7 Å². The minimum atomic E-state index is -0.584. The number of rotatable bonds is 4. The molecule has 30 heavy (non-hydrogen) atoms. The molecule has 0 bridgehead atoms. The predicted octanol–water partition coefficient (Wildman–Crippen LogP) is 4.44. The van der Waals surface area contributed by atoms with Gasteiger partial charge in [-0.05, 0) is 79.0 Å². The van der Waals surface area contributed by atoms with Gasteiger partial charge in [0.2, 0.25) is 0 Å². The molecule has 0 saturated carbocycles. The van der Waals surface area contributed by atoms with Gasteiger partial charge >= 0.3 is 0 Å². The summed E-state index contributed by atoms with van der Waals surface area (Å²) in [7, 11) is 1.55. The Labute approximate surface area is 182 Å². The highest BCUT2D eigenvalue weighted by Gasteiger charge is 2.34. The molecule has 0 aliphatic carbocycles. The zero-order valence-electron chi connectivity index (χ0n) is 15.7. The first-order valence-electron chi connectivity index (χ1n) is 8.87. The Kier molecular flexibility index (Phi) is 5.39. The Morgan fingerprint density at radius 2 is 1.73 bits per heavy atom. The fourth-order valence-electron chi connectivity index (χ4n) is 2.97. The number of anilines is 1. The van der Waals surface area contributed by atoms with E-state index in [1.807, 2.05) is 12.1 Å². The van der Waals surface area contributed by atoms with Crippen LogP contribution in [0.2, 0.25) is 5.02 Å². The number of halogens is 1. The number of ether oxygens (including phenoxy) is 1. The first-order valence-corrected chi connectivity index (χ1v) is 9.66. The van der Waals surface area contributed by atoms with Crippen molar-refractivity contribution in [2.24, 2.45) is 0 Å². The molecule has 1 N–H and O–H groups in total. The first kappa shape index (κ1) is 19.9. The highest BCUT2D eigenvalue weighted by atomic mass is 35.5. The van der Waals surface area contributed by atoms with Crippen molar-refractivity contribution in [1.29, 1.82) is 0 Å². The third-order valence-corrected chi connectivity index (χ3v) is 5.01.